The molecule has 0 bridgehead atoms. The Morgan fingerprint density at radius 1 is 1.44 bits per heavy atom. The molecule has 0 aliphatic carbocycles. The van der Waals surface area contributed by atoms with Crippen LogP contribution in [-0.4, -0.2) is 53.5 Å². The van der Waals surface area contributed by atoms with Gasteiger partial charge in [-0.2, -0.15) is 0 Å². The summed E-state index contributed by atoms with van der Waals surface area (Å²) in [4.78, 5) is 38.9. The normalized spacial score (nSPS) is 15.6. The standard InChI is InChI=1S/C17H19ClN2O4S/c1-3-24-17(23)8-16-20(15(22)11-25-16)10-14(21)19(2)9-12-5-4-6-13(18)7-12/h4-8H,3,9-11H2,1-2H3. The number of likely N-dealkylation sites (N-methyl/N-ethyl adjacent to an activating group) is 1. The second kappa shape index (κ2) is 8.92. The van der Waals surface area contributed by atoms with Crippen molar-refractivity contribution in [2.75, 3.05) is 26.0 Å². The lowest BCUT2D eigenvalue weighted by molar-refractivity contribution is -0.138. The summed E-state index contributed by atoms with van der Waals surface area (Å²) in [5.41, 5.74) is 0.896. The molecule has 1 aromatic carbocycles. The van der Waals surface area contributed by atoms with Crippen molar-refractivity contribution in [2.24, 2.45) is 0 Å². The Bertz CT molecular complexity index is 708. The zero-order valence-electron chi connectivity index (χ0n) is 14.0. The molecule has 6 nitrogen and oxygen atoms in total. The van der Waals surface area contributed by atoms with Crippen LogP contribution in [0.5, 0.6) is 0 Å². The van der Waals surface area contributed by atoms with Gasteiger partial charge in [-0.25, -0.2) is 4.79 Å². The number of benzene rings is 1. The summed E-state index contributed by atoms with van der Waals surface area (Å²) in [6.45, 7) is 2.22. The Morgan fingerprint density at radius 3 is 2.88 bits per heavy atom. The molecule has 8 heteroatoms. The number of thioether (sulfide) groups is 1. The Balaban J connectivity index is 2.01. The van der Waals surface area contributed by atoms with E-state index in [1.165, 1.54) is 27.6 Å². The molecule has 0 saturated carbocycles. The number of rotatable bonds is 6. The largest absolute Gasteiger partial charge is 0.463 e. The molecule has 1 fully saturated rings. The minimum Gasteiger partial charge on any atom is -0.463 e. The number of hydrogen-bond acceptors (Lipinski definition) is 5. The zero-order valence-corrected chi connectivity index (χ0v) is 15.6. The van der Waals surface area contributed by atoms with Gasteiger partial charge < -0.3 is 9.64 Å². The first-order chi connectivity index (χ1) is 11.9. The highest BCUT2D eigenvalue weighted by Gasteiger charge is 2.30. The van der Waals surface area contributed by atoms with E-state index in [0.29, 0.717) is 16.6 Å². The fourth-order valence-electron chi connectivity index (χ4n) is 2.24. The first kappa shape index (κ1) is 19.3. The number of nitrogens with zero attached hydrogens (tertiary/aromatic N) is 2. The highest BCUT2D eigenvalue weighted by atomic mass is 35.5. The molecule has 0 radical (unpaired) electrons. The molecule has 2 rings (SSSR count). The van der Waals surface area contributed by atoms with E-state index in [0.717, 1.165) is 5.56 Å². The topological polar surface area (TPSA) is 66.9 Å². The van der Waals surface area contributed by atoms with Crippen LogP contribution in [0, 0.1) is 0 Å². The first-order valence-corrected chi connectivity index (χ1v) is 9.07. The third-order valence-electron chi connectivity index (χ3n) is 3.47. The molecule has 25 heavy (non-hydrogen) atoms. The van der Waals surface area contributed by atoms with Gasteiger partial charge in [-0.1, -0.05) is 35.5 Å². The van der Waals surface area contributed by atoms with E-state index in [9.17, 15) is 14.4 Å². The quantitative estimate of drug-likeness (QED) is 0.557. The third kappa shape index (κ3) is 5.51. The van der Waals surface area contributed by atoms with Gasteiger partial charge in [0.2, 0.25) is 11.8 Å². The molecule has 0 atom stereocenters. The molecule has 0 spiro atoms. The van der Waals surface area contributed by atoms with Crippen LogP contribution < -0.4 is 0 Å². The van der Waals surface area contributed by atoms with Crippen LogP contribution in [0.1, 0.15) is 12.5 Å². The van der Waals surface area contributed by atoms with E-state index >= 15 is 0 Å². The maximum absolute atomic E-state index is 12.4. The van der Waals surface area contributed by atoms with Crippen LogP contribution in [-0.2, 0) is 25.7 Å². The van der Waals surface area contributed by atoms with Gasteiger partial charge in [0.1, 0.15) is 6.54 Å². The summed E-state index contributed by atoms with van der Waals surface area (Å²) in [5, 5.41) is 1.04. The van der Waals surface area contributed by atoms with Crippen LogP contribution >= 0.6 is 23.4 Å². The van der Waals surface area contributed by atoms with Crippen molar-refractivity contribution in [3.8, 4) is 0 Å². The van der Waals surface area contributed by atoms with Gasteiger partial charge in [0.05, 0.1) is 23.5 Å². The molecule has 1 saturated heterocycles. The van der Waals surface area contributed by atoms with Crippen molar-refractivity contribution < 1.29 is 19.1 Å². The highest BCUT2D eigenvalue weighted by molar-refractivity contribution is 8.04. The number of hydrogen-bond donors (Lipinski definition) is 0. The molecular weight excluding hydrogens is 364 g/mol. The first-order valence-electron chi connectivity index (χ1n) is 7.70. The van der Waals surface area contributed by atoms with Crippen molar-refractivity contribution in [2.45, 2.75) is 13.5 Å². The summed E-state index contributed by atoms with van der Waals surface area (Å²) >= 11 is 7.17. The molecule has 134 valence electrons. The van der Waals surface area contributed by atoms with Crippen molar-refractivity contribution in [3.63, 3.8) is 0 Å². The molecule has 1 heterocycles. The average Bonchev–Trinajstić information content (AvgIpc) is 2.88. The minimum atomic E-state index is -0.524. The van der Waals surface area contributed by atoms with Gasteiger partial charge in [0, 0.05) is 18.6 Å². The number of halogens is 1. The fourth-order valence-corrected chi connectivity index (χ4v) is 3.38. The van der Waals surface area contributed by atoms with E-state index < -0.39 is 5.97 Å². The maximum Gasteiger partial charge on any atom is 0.333 e. The van der Waals surface area contributed by atoms with Crippen LogP contribution in [0.3, 0.4) is 0 Å². The van der Waals surface area contributed by atoms with Crippen molar-refractivity contribution in [3.05, 3.63) is 46.0 Å². The predicted octanol–water partition coefficient (Wildman–Crippen LogP) is 2.28. The Hall–Kier alpha value is -1.99. The van der Waals surface area contributed by atoms with E-state index in [1.807, 2.05) is 12.1 Å². The molecule has 0 unspecified atom stereocenters. The minimum absolute atomic E-state index is 0.117. The molecule has 0 N–H and O–H groups in total. The molecule has 1 aliphatic heterocycles. The highest BCUT2D eigenvalue weighted by Crippen LogP contribution is 2.28. The molecule has 0 aromatic heterocycles. The smallest absolute Gasteiger partial charge is 0.333 e. The summed E-state index contributed by atoms with van der Waals surface area (Å²) in [6, 6.07) is 7.24. The summed E-state index contributed by atoms with van der Waals surface area (Å²) in [6.07, 6.45) is 1.25. The molecule has 2 amide bonds. The molecule has 1 aromatic rings. The van der Waals surface area contributed by atoms with Crippen LogP contribution in [0.2, 0.25) is 5.02 Å². The summed E-state index contributed by atoms with van der Waals surface area (Å²) in [5.74, 6) is -0.753. The van der Waals surface area contributed by atoms with Gasteiger partial charge in [0.15, 0.2) is 0 Å². The lowest BCUT2D eigenvalue weighted by atomic mass is 10.2. The van der Waals surface area contributed by atoms with Gasteiger partial charge in [-0.05, 0) is 24.6 Å². The number of carbonyl (C=O) groups excluding carboxylic acids is 3. The fraction of sp³-hybridized carbons (Fsp3) is 0.353. The van der Waals surface area contributed by atoms with Gasteiger partial charge in [0.25, 0.3) is 0 Å². The van der Waals surface area contributed by atoms with Crippen LogP contribution in [0.4, 0.5) is 0 Å². The monoisotopic (exact) mass is 382 g/mol. The van der Waals surface area contributed by atoms with Gasteiger partial charge in [-0.15, -0.1) is 0 Å². The second-order valence-corrected chi connectivity index (χ2v) is 6.81. The lowest BCUT2D eigenvalue weighted by Gasteiger charge is -2.22. The van der Waals surface area contributed by atoms with Crippen molar-refractivity contribution in [1.29, 1.82) is 0 Å². The van der Waals surface area contributed by atoms with Crippen molar-refractivity contribution in [1.82, 2.24) is 9.80 Å². The maximum atomic E-state index is 12.4. The molecule has 1 aliphatic rings. The van der Waals surface area contributed by atoms with E-state index in [4.69, 9.17) is 16.3 Å². The van der Waals surface area contributed by atoms with E-state index in [2.05, 4.69) is 0 Å². The van der Waals surface area contributed by atoms with Crippen molar-refractivity contribution >= 4 is 41.1 Å². The number of ether oxygens (including phenoxy) is 1. The lowest BCUT2D eigenvalue weighted by Crippen LogP contribution is -2.38. The third-order valence-corrected chi connectivity index (χ3v) is 4.73. The van der Waals surface area contributed by atoms with Crippen LogP contribution in [0.25, 0.3) is 0 Å². The summed E-state index contributed by atoms with van der Waals surface area (Å²) in [7, 11) is 1.66. The average molecular weight is 383 g/mol. The number of esters is 1. The van der Waals surface area contributed by atoms with E-state index in [1.54, 1.807) is 26.1 Å². The Labute approximate surface area is 155 Å². The SMILES string of the molecule is CCOC(=O)C=C1SCC(=O)N1CC(=O)N(C)Cc1cccc(Cl)c1. The second-order valence-electron chi connectivity index (χ2n) is 5.38. The predicted molar refractivity (Wildman–Crippen MR) is 96.8 cm³/mol. The van der Waals surface area contributed by atoms with Crippen LogP contribution in [0.15, 0.2) is 35.4 Å². The number of amides is 2. The Morgan fingerprint density at radius 2 is 2.20 bits per heavy atom. The van der Waals surface area contributed by atoms with Gasteiger partial charge in [-0.3, -0.25) is 14.5 Å². The molecular formula is C17H19ClN2O4S. The zero-order chi connectivity index (χ0) is 18.4. The van der Waals surface area contributed by atoms with E-state index in [-0.39, 0.29) is 30.7 Å². The van der Waals surface area contributed by atoms with Gasteiger partial charge >= 0.3 is 5.97 Å². The summed E-state index contributed by atoms with van der Waals surface area (Å²) < 4.78 is 4.86. The Kier molecular flexibility index (Phi) is 6.90. The number of carbonyl (C=O) groups is 3.